The van der Waals surface area contributed by atoms with Crippen LogP contribution in [0.5, 0.6) is 0 Å². The van der Waals surface area contributed by atoms with Gasteiger partial charge in [-0.2, -0.15) is 9.49 Å². The van der Waals surface area contributed by atoms with Crippen LogP contribution in [0.2, 0.25) is 0 Å². The molecule has 0 saturated heterocycles. The number of hydrogen-bond donors (Lipinski definition) is 2. The highest BCUT2D eigenvalue weighted by molar-refractivity contribution is 5.67. The minimum atomic E-state index is -0.511. The van der Waals surface area contributed by atoms with Crippen LogP contribution in [-0.2, 0) is 26.4 Å². The Balaban J connectivity index is 1.61. The summed E-state index contributed by atoms with van der Waals surface area (Å²) in [6.07, 6.45) is 6.54. The zero-order chi connectivity index (χ0) is 18.3. The van der Waals surface area contributed by atoms with Gasteiger partial charge in [-0.25, -0.2) is 9.97 Å². The summed E-state index contributed by atoms with van der Waals surface area (Å²) < 4.78 is 16.0. The van der Waals surface area contributed by atoms with Crippen LogP contribution in [0, 0.1) is 11.4 Å². The van der Waals surface area contributed by atoms with Crippen LogP contribution >= 0.6 is 0 Å². The molecular weight excluding hydrogens is 331 g/mol. The molecule has 1 aliphatic carbocycles. The number of nitrogens with one attached hydrogen (secondary N) is 2. The van der Waals surface area contributed by atoms with E-state index < -0.39 is 5.95 Å². The van der Waals surface area contributed by atoms with E-state index >= 15 is 0 Å². The minimum absolute atomic E-state index is 0.274. The molecule has 3 heterocycles. The van der Waals surface area contributed by atoms with Gasteiger partial charge in [-0.05, 0) is 30.7 Å². The van der Waals surface area contributed by atoms with E-state index in [2.05, 4.69) is 39.3 Å². The number of imidazole rings is 1. The van der Waals surface area contributed by atoms with Crippen LogP contribution in [-0.4, -0.2) is 24.7 Å². The molecule has 2 N–H and O–H groups in total. The zero-order valence-electron chi connectivity index (χ0n) is 15.3. The molecule has 26 heavy (non-hydrogen) atoms. The van der Waals surface area contributed by atoms with Gasteiger partial charge in [0.25, 0.3) is 0 Å². The normalized spacial score (nSPS) is 15.7. The molecule has 6 nitrogen and oxygen atoms in total. The average molecular weight is 354 g/mol. The largest absolute Gasteiger partial charge is 0.364 e. The molecule has 0 atom stereocenters. The first-order valence-electron chi connectivity index (χ1n) is 8.84. The Morgan fingerprint density at radius 3 is 2.96 bits per heavy atom. The van der Waals surface area contributed by atoms with Gasteiger partial charge in [-0.15, -0.1) is 0 Å². The van der Waals surface area contributed by atoms with Crippen molar-refractivity contribution in [2.75, 3.05) is 5.32 Å². The van der Waals surface area contributed by atoms with Gasteiger partial charge in [0.2, 0.25) is 5.95 Å². The third kappa shape index (κ3) is 3.21. The molecule has 0 aromatic carbocycles. The molecule has 0 spiro atoms. The van der Waals surface area contributed by atoms with Gasteiger partial charge in [0.15, 0.2) is 0 Å². The molecular formula is C19H23FN6. The van der Waals surface area contributed by atoms with Crippen molar-refractivity contribution in [2.45, 2.75) is 39.7 Å². The molecule has 136 valence electrons. The molecule has 4 rings (SSSR count). The molecule has 0 unspecified atom stereocenters. The first-order chi connectivity index (χ1) is 12.4. The average Bonchev–Trinajstić information content (AvgIpc) is 3.17. The topological polar surface area (TPSA) is 71.4 Å². The van der Waals surface area contributed by atoms with Crippen LogP contribution in [0.4, 0.5) is 10.2 Å². The van der Waals surface area contributed by atoms with Crippen LogP contribution in [0.1, 0.15) is 37.2 Å². The quantitative estimate of drug-likeness (QED) is 0.704. The number of rotatable bonds is 4. The number of anilines is 1. The monoisotopic (exact) mass is 354 g/mol. The van der Waals surface area contributed by atoms with E-state index in [0.717, 1.165) is 41.9 Å². The summed E-state index contributed by atoms with van der Waals surface area (Å²) in [4.78, 5) is 8.05. The second-order valence-corrected chi connectivity index (χ2v) is 7.78. The first-order valence-corrected chi connectivity index (χ1v) is 8.84. The van der Waals surface area contributed by atoms with E-state index in [-0.39, 0.29) is 5.41 Å². The number of pyridine rings is 1. The van der Waals surface area contributed by atoms with Crippen LogP contribution < -0.4 is 5.32 Å². The van der Waals surface area contributed by atoms with Gasteiger partial charge in [0, 0.05) is 36.1 Å². The summed E-state index contributed by atoms with van der Waals surface area (Å²) in [6, 6.07) is 3.31. The standard InChI is InChI=1S/C19H23FN6/c1-19(2)5-4-14-15(8-19)24-25-18(14)12-6-16(20)23-17(7-12)22-10-13-9-21-11-26(13)3/h6-7,9,11H,4-5,8,10H2,1-3H3,(H,22,23)(H,24,25). The van der Waals surface area contributed by atoms with E-state index in [1.54, 1.807) is 12.5 Å². The number of aromatic amines is 1. The molecule has 1 aliphatic rings. The number of aromatic nitrogens is 5. The van der Waals surface area contributed by atoms with E-state index in [9.17, 15) is 4.39 Å². The maximum atomic E-state index is 14.1. The lowest BCUT2D eigenvalue weighted by Crippen LogP contribution is -2.21. The first kappa shape index (κ1) is 16.8. The third-order valence-corrected chi connectivity index (χ3v) is 5.09. The second kappa shape index (κ2) is 6.23. The highest BCUT2D eigenvalue weighted by Gasteiger charge is 2.29. The van der Waals surface area contributed by atoms with E-state index in [1.807, 2.05) is 17.7 Å². The molecule has 7 heteroatoms. The lowest BCUT2D eigenvalue weighted by atomic mass is 9.76. The number of fused-ring (bicyclic) bond motifs is 1. The summed E-state index contributed by atoms with van der Waals surface area (Å²) in [7, 11) is 1.92. The number of aryl methyl sites for hydroxylation is 1. The van der Waals surface area contributed by atoms with Gasteiger partial charge < -0.3 is 9.88 Å². The fourth-order valence-corrected chi connectivity index (χ4v) is 3.55. The number of halogens is 1. The Morgan fingerprint density at radius 2 is 2.19 bits per heavy atom. The Bertz CT molecular complexity index is 939. The summed E-state index contributed by atoms with van der Waals surface area (Å²) in [5.74, 6) is -0.0167. The highest BCUT2D eigenvalue weighted by Crippen LogP contribution is 2.38. The van der Waals surface area contributed by atoms with Crippen molar-refractivity contribution in [3.8, 4) is 11.3 Å². The van der Waals surface area contributed by atoms with Gasteiger partial charge in [-0.3, -0.25) is 5.10 Å². The Labute approximate surface area is 151 Å². The maximum Gasteiger partial charge on any atom is 0.215 e. The van der Waals surface area contributed by atoms with Crippen molar-refractivity contribution < 1.29 is 4.39 Å². The fourth-order valence-electron chi connectivity index (χ4n) is 3.55. The molecule has 0 bridgehead atoms. The van der Waals surface area contributed by atoms with Crippen LogP contribution in [0.15, 0.2) is 24.7 Å². The van der Waals surface area contributed by atoms with E-state index in [1.165, 1.54) is 11.6 Å². The third-order valence-electron chi connectivity index (χ3n) is 5.09. The summed E-state index contributed by atoms with van der Waals surface area (Å²) in [6.45, 7) is 5.06. The summed E-state index contributed by atoms with van der Waals surface area (Å²) >= 11 is 0. The van der Waals surface area contributed by atoms with Crippen molar-refractivity contribution >= 4 is 5.82 Å². The molecule has 0 radical (unpaired) electrons. The fraction of sp³-hybridized carbons (Fsp3) is 0.421. The van der Waals surface area contributed by atoms with Crippen LogP contribution in [0.25, 0.3) is 11.3 Å². The Hall–Kier alpha value is -2.70. The van der Waals surface area contributed by atoms with Crippen molar-refractivity contribution in [1.82, 2.24) is 24.7 Å². The highest BCUT2D eigenvalue weighted by atomic mass is 19.1. The molecule has 3 aromatic heterocycles. The second-order valence-electron chi connectivity index (χ2n) is 7.78. The number of H-pyrrole nitrogens is 1. The van der Waals surface area contributed by atoms with E-state index in [4.69, 9.17) is 0 Å². The molecule has 3 aromatic rings. The summed E-state index contributed by atoms with van der Waals surface area (Å²) in [5.41, 5.74) is 5.22. The van der Waals surface area contributed by atoms with Crippen molar-refractivity contribution in [1.29, 1.82) is 0 Å². The molecule has 0 saturated carbocycles. The van der Waals surface area contributed by atoms with Crippen molar-refractivity contribution in [3.63, 3.8) is 0 Å². The Kier molecular flexibility index (Phi) is 4.01. The van der Waals surface area contributed by atoms with Crippen molar-refractivity contribution in [2.24, 2.45) is 12.5 Å². The van der Waals surface area contributed by atoms with Crippen LogP contribution in [0.3, 0.4) is 0 Å². The zero-order valence-corrected chi connectivity index (χ0v) is 15.3. The van der Waals surface area contributed by atoms with Crippen molar-refractivity contribution in [3.05, 3.63) is 47.6 Å². The van der Waals surface area contributed by atoms with Gasteiger partial charge in [0.1, 0.15) is 5.82 Å². The molecule has 0 fully saturated rings. The predicted octanol–water partition coefficient (Wildman–Crippen LogP) is 3.47. The summed E-state index contributed by atoms with van der Waals surface area (Å²) in [5, 5.41) is 10.8. The molecule has 0 aliphatic heterocycles. The van der Waals surface area contributed by atoms with Gasteiger partial charge in [-0.1, -0.05) is 13.8 Å². The number of nitrogens with zero attached hydrogens (tertiary/aromatic N) is 4. The lowest BCUT2D eigenvalue weighted by molar-refractivity contribution is 0.312. The molecule has 0 amide bonds. The smallest absolute Gasteiger partial charge is 0.215 e. The SMILES string of the molecule is Cn1cncc1CNc1cc(-c2n[nH]c3c2CCC(C)(C)C3)cc(F)n1. The Morgan fingerprint density at radius 1 is 1.35 bits per heavy atom. The minimum Gasteiger partial charge on any atom is -0.364 e. The lowest BCUT2D eigenvalue weighted by Gasteiger charge is -2.29. The van der Waals surface area contributed by atoms with E-state index in [0.29, 0.717) is 12.4 Å². The number of hydrogen-bond acceptors (Lipinski definition) is 4. The maximum absolute atomic E-state index is 14.1. The van der Waals surface area contributed by atoms with Gasteiger partial charge >= 0.3 is 0 Å². The predicted molar refractivity (Wildman–Crippen MR) is 98.1 cm³/mol. The van der Waals surface area contributed by atoms with Gasteiger partial charge in [0.05, 0.1) is 24.3 Å².